The number of piperidine rings is 1. The van der Waals surface area contributed by atoms with Gasteiger partial charge < -0.3 is 11.1 Å². The second kappa shape index (κ2) is 10.1. The second-order valence-electron chi connectivity index (χ2n) is 9.49. The van der Waals surface area contributed by atoms with Gasteiger partial charge in [0.15, 0.2) is 5.82 Å². The summed E-state index contributed by atoms with van der Waals surface area (Å²) >= 11 is 6.13. The van der Waals surface area contributed by atoms with Crippen LogP contribution in [0.1, 0.15) is 48.0 Å². The Morgan fingerprint density at radius 3 is 2.58 bits per heavy atom. The Bertz CT molecular complexity index is 1320. The van der Waals surface area contributed by atoms with E-state index in [0.29, 0.717) is 43.2 Å². The largest absolute Gasteiger partial charge is 0.365 e. The number of nitrogens with one attached hydrogen (secondary N) is 2. The van der Waals surface area contributed by atoms with Gasteiger partial charge in [-0.3, -0.25) is 23.9 Å². The lowest BCUT2D eigenvalue weighted by Crippen LogP contribution is -2.46. The standard InChI is InChI=1S/C23H28ClN7O4S/c1-36(34,35)29-19-12-15(2-5-18(19)24)13-30-10-7-23(6-9-25,8-11-30)31-14-17(20(26)32)21(28-31)27-22(33)16-3-4-16/h2,5,12,14,16,29H,3-4,6-8,10-11,13H2,1H3,(H2,26,32)(H,27,28,33). The number of carbonyl (C=O) groups excluding carboxylic acids is 2. The fourth-order valence-electron chi connectivity index (χ4n) is 4.42. The minimum absolute atomic E-state index is 0.0618. The van der Waals surface area contributed by atoms with Gasteiger partial charge in [0.25, 0.3) is 5.91 Å². The number of nitrogens with two attached hydrogens (primary N) is 1. The van der Waals surface area contributed by atoms with Gasteiger partial charge in [0.2, 0.25) is 15.9 Å². The highest BCUT2D eigenvalue weighted by Gasteiger charge is 2.39. The summed E-state index contributed by atoms with van der Waals surface area (Å²) in [5.41, 5.74) is 6.22. The molecule has 11 nitrogen and oxygen atoms in total. The van der Waals surface area contributed by atoms with Gasteiger partial charge in [-0.15, -0.1) is 0 Å². The first-order chi connectivity index (χ1) is 17.0. The molecule has 0 unspecified atom stereocenters. The van der Waals surface area contributed by atoms with Crippen molar-refractivity contribution >= 4 is 44.9 Å². The van der Waals surface area contributed by atoms with Crippen molar-refractivity contribution in [3.05, 3.63) is 40.5 Å². The molecule has 4 rings (SSSR count). The van der Waals surface area contributed by atoms with Crippen molar-refractivity contribution in [3.63, 3.8) is 0 Å². The topological polar surface area (TPSA) is 163 Å². The number of hydrogen-bond acceptors (Lipinski definition) is 7. The van der Waals surface area contributed by atoms with Gasteiger partial charge in [-0.25, -0.2) is 8.42 Å². The molecule has 1 saturated heterocycles. The fraction of sp³-hybridized carbons (Fsp3) is 0.478. The Morgan fingerprint density at radius 1 is 1.31 bits per heavy atom. The number of carbonyl (C=O) groups is 2. The molecule has 2 aromatic rings. The summed E-state index contributed by atoms with van der Waals surface area (Å²) in [4.78, 5) is 26.5. The number of amides is 2. The summed E-state index contributed by atoms with van der Waals surface area (Å²) in [6.45, 7) is 1.83. The van der Waals surface area contributed by atoms with Crippen molar-refractivity contribution in [3.8, 4) is 6.07 Å². The molecule has 192 valence electrons. The van der Waals surface area contributed by atoms with E-state index in [0.717, 1.165) is 24.7 Å². The molecule has 1 aromatic heterocycles. The van der Waals surface area contributed by atoms with Crippen LogP contribution in [0.4, 0.5) is 11.5 Å². The predicted octanol–water partition coefficient (Wildman–Crippen LogP) is 2.26. The number of nitriles is 1. The lowest BCUT2D eigenvalue weighted by Gasteiger charge is -2.40. The average molecular weight is 534 g/mol. The monoisotopic (exact) mass is 533 g/mol. The molecule has 0 atom stereocenters. The molecule has 2 fully saturated rings. The molecular weight excluding hydrogens is 506 g/mol. The van der Waals surface area contributed by atoms with Gasteiger partial charge in [-0.2, -0.15) is 10.4 Å². The Kier molecular flexibility index (Phi) is 7.26. The molecule has 1 aliphatic heterocycles. The van der Waals surface area contributed by atoms with Gasteiger partial charge in [0.05, 0.1) is 35.0 Å². The lowest BCUT2D eigenvalue weighted by atomic mass is 9.84. The number of likely N-dealkylation sites (tertiary alicyclic amines) is 1. The van der Waals surface area contributed by atoms with Crippen molar-refractivity contribution in [2.75, 3.05) is 29.4 Å². The maximum Gasteiger partial charge on any atom is 0.254 e. The van der Waals surface area contributed by atoms with Crippen LogP contribution in [0.3, 0.4) is 0 Å². The SMILES string of the molecule is CS(=O)(=O)Nc1cc(CN2CCC(CC#N)(n3cc(C(N)=O)c(NC(=O)C4CC4)n3)CC2)ccc1Cl. The molecule has 0 radical (unpaired) electrons. The molecule has 0 bridgehead atoms. The number of nitrogens with zero attached hydrogens (tertiary/aromatic N) is 4. The van der Waals surface area contributed by atoms with Crippen molar-refractivity contribution < 1.29 is 18.0 Å². The van der Waals surface area contributed by atoms with Crippen LogP contribution in [0.5, 0.6) is 0 Å². The smallest absolute Gasteiger partial charge is 0.254 e. The maximum atomic E-state index is 12.3. The minimum Gasteiger partial charge on any atom is -0.365 e. The first-order valence-corrected chi connectivity index (χ1v) is 13.8. The van der Waals surface area contributed by atoms with Gasteiger partial charge in [0.1, 0.15) is 5.56 Å². The lowest BCUT2D eigenvalue weighted by molar-refractivity contribution is -0.117. The number of rotatable bonds is 9. The third-order valence-corrected chi connectivity index (χ3v) is 7.50. The van der Waals surface area contributed by atoms with Gasteiger partial charge in [-0.05, 0) is 43.4 Å². The van der Waals surface area contributed by atoms with Crippen LogP contribution in [-0.4, -0.2) is 54.3 Å². The molecule has 1 aromatic carbocycles. The quantitative estimate of drug-likeness (QED) is 0.445. The van der Waals surface area contributed by atoms with Gasteiger partial charge in [-0.1, -0.05) is 17.7 Å². The molecule has 4 N–H and O–H groups in total. The summed E-state index contributed by atoms with van der Waals surface area (Å²) in [5.74, 6) is -0.808. The van der Waals surface area contributed by atoms with Gasteiger partial charge in [0, 0.05) is 31.7 Å². The van der Waals surface area contributed by atoms with E-state index in [-0.39, 0.29) is 29.6 Å². The molecule has 2 amide bonds. The average Bonchev–Trinajstić information content (AvgIpc) is 3.57. The number of halogens is 1. The highest BCUT2D eigenvalue weighted by atomic mass is 35.5. The Labute approximate surface area is 214 Å². The molecule has 1 aliphatic carbocycles. The summed E-state index contributed by atoms with van der Waals surface area (Å²) in [5, 5.41) is 17.1. The third-order valence-electron chi connectivity index (χ3n) is 6.58. The van der Waals surface area contributed by atoms with Crippen LogP contribution < -0.4 is 15.8 Å². The van der Waals surface area contributed by atoms with E-state index in [1.165, 1.54) is 6.20 Å². The van der Waals surface area contributed by atoms with Crippen molar-refractivity contribution in [2.45, 2.75) is 44.2 Å². The zero-order valence-electron chi connectivity index (χ0n) is 19.8. The van der Waals surface area contributed by atoms with E-state index in [9.17, 15) is 23.3 Å². The van der Waals surface area contributed by atoms with E-state index in [1.807, 2.05) is 6.07 Å². The highest BCUT2D eigenvalue weighted by Crippen LogP contribution is 2.36. The number of benzene rings is 1. The molecule has 13 heteroatoms. The summed E-state index contributed by atoms with van der Waals surface area (Å²) in [6.07, 6.45) is 5.56. The van der Waals surface area contributed by atoms with Crippen LogP contribution in [0.15, 0.2) is 24.4 Å². The van der Waals surface area contributed by atoms with Crippen LogP contribution >= 0.6 is 11.6 Å². The van der Waals surface area contributed by atoms with E-state index in [2.05, 4.69) is 26.1 Å². The van der Waals surface area contributed by atoms with Crippen molar-refractivity contribution in [1.82, 2.24) is 14.7 Å². The number of primary amides is 1. The Hall–Kier alpha value is -3.14. The maximum absolute atomic E-state index is 12.3. The minimum atomic E-state index is -3.47. The van der Waals surface area contributed by atoms with Crippen LogP contribution in [-0.2, 0) is 26.9 Å². The molecular formula is C23H28ClN7O4S. The van der Waals surface area contributed by atoms with Gasteiger partial charge >= 0.3 is 0 Å². The first kappa shape index (κ1) is 25.9. The zero-order chi connectivity index (χ0) is 26.1. The molecule has 36 heavy (non-hydrogen) atoms. The number of hydrogen-bond donors (Lipinski definition) is 3. The highest BCUT2D eigenvalue weighted by molar-refractivity contribution is 7.92. The molecule has 2 heterocycles. The van der Waals surface area contributed by atoms with E-state index >= 15 is 0 Å². The van der Waals surface area contributed by atoms with Crippen LogP contribution in [0.25, 0.3) is 0 Å². The first-order valence-electron chi connectivity index (χ1n) is 11.6. The fourth-order valence-corrected chi connectivity index (χ4v) is 5.21. The Balaban J connectivity index is 1.50. The zero-order valence-corrected chi connectivity index (χ0v) is 21.4. The van der Waals surface area contributed by atoms with Crippen molar-refractivity contribution in [1.29, 1.82) is 5.26 Å². The molecule has 0 spiro atoms. The molecule has 2 aliphatic rings. The third kappa shape index (κ3) is 5.98. The van der Waals surface area contributed by atoms with E-state index in [1.54, 1.807) is 16.8 Å². The van der Waals surface area contributed by atoms with E-state index < -0.39 is 21.5 Å². The predicted molar refractivity (Wildman–Crippen MR) is 135 cm³/mol. The molecule has 1 saturated carbocycles. The number of aromatic nitrogens is 2. The number of sulfonamides is 1. The number of anilines is 2. The second-order valence-corrected chi connectivity index (χ2v) is 11.6. The summed E-state index contributed by atoms with van der Waals surface area (Å²) in [7, 11) is -3.47. The summed E-state index contributed by atoms with van der Waals surface area (Å²) < 4.78 is 27.3. The Morgan fingerprint density at radius 2 is 2.00 bits per heavy atom. The van der Waals surface area contributed by atoms with Crippen LogP contribution in [0, 0.1) is 17.2 Å². The normalized spacial score (nSPS) is 17.8. The summed E-state index contributed by atoms with van der Waals surface area (Å²) in [6, 6.07) is 7.45. The van der Waals surface area contributed by atoms with Crippen LogP contribution in [0.2, 0.25) is 5.02 Å². The van der Waals surface area contributed by atoms with Crippen molar-refractivity contribution in [2.24, 2.45) is 11.7 Å². The van der Waals surface area contributed by atoms with E-state index in [4.69, 9.17) is 17.3 Å².